The first-order valence-corrected chi connectivity index (χ1v) is 7.29. The topological polar surface area (TPSA) is 70.1 Å². The van der Waals surface area contributed by atoms with E-state index in [2.05, 4.69) is 41.4 Å². The summed E-state index contributed by atoms with van der Waals surface area (Å²) in [5.41, 5.74) is -0.113. The number of aromatic nitrogens is 2. The molecule has 0 amide bonds. The maximum atomic E-state index is 9.87. The molecule has 1 atom stereocenters. The van der Waals surface area contributed by atoms with Crippen molar-refractivity contribution in [1.29, 1.82) is 0 Å². The Morgan fingerprint density at radius 1 is 1.15 bits per heavy atom. The van der Waals surface area contributed by atoms with Crippen molar-refractivity contribution in [1.82, 2.24) is 9.97 Å². The second-order valence-electron chi connectivity index (χ2n) is 6.43. The quantitative estimate of drug-likeness (QED) is 0.747. The minimum atomic E-state index is -0.384. The summed E-state index contributed by atoms with van der Waals surface area (Å²) in [5, 5.41) is 16.3. The zero-order valence-electron chi connectivity index (χ0n) is 13.5. The lowest BCUT2D eigenvalue weighted by atomic mass is 9.96. The lowest BCUT2D eigenvalue weighted by molar-refractivity contribution is 0.138. The van der Waals surface area contributed by atoms with Gasteiger partial charge in [0.05, 0.1) is 6.10 Å². The Morgan fingerprint density at radius 3 is 2.15 bits per heavy atom. The second kappa shape index (κ2) is 6.88. The Labute approximate surface area is 122 Å². The average molecular weight is 280 g/mol. The largest absolute Gasteiger partial charge is 0.391 e. The number of nitrogens with zero attached hydrogens (tertiary/aromatic N) is 2. The molecule has 1 aromatic heterocycles. The molecule has 0 bridgehead atoms. The molecule has 5 heteroatoms. The van der Waals surface area contributed by atoms with Crippen LogP contribution in [-0.4, -0.2) is 34.3 Å². The van der Waals surface area contributed by atoms with Gasteiger partial charge in [-0.3, -0.25) is 0 Å². The third-order valence-corrected chi connectivity index (χ3v) is 3.02. The molecule has 0 aromatic carbocycles. The predicted octanol–water partition coefficient (Wildman–Crippen LogP) is 2.63. The van der Waals surface area contributed by atoms with E-state index in [1.54, 1.807) is 0 Å². The molecule has 114 valence electrons. The van der Waals surface area contributed by atoms with E-state index < -0.39 is 0 Å². The summed E-state index contributed by atoms with van der Waals surface area (Å²) in [5.74, 6) is 2.58. The Bertz CT molecular complexity index is 426. The monoisotopic (exact) mass is 280 g/mol. The fourth-order valence-electron chi connectivity index (χ4n) is 1.59. The Hall–Kier alpha value is -1.36. The summed E-state index contributed by atoms with van der Waals surface area (Å²) in [6.07, 6.45) is -0.384. The highest BCUT2D eigenvalue weighted by molar-refractivity contribution is 5.48. The summed E-state index contributed by atoms with van der Waals surface area (Å²) >= 11 is 0. The fourth-order valence-corrected chi connectivity index (χ4v) is 1.59. The highest BCUT2D eigenvalue weighted by Gasteiger charge is 2.19. The number of hydrogen-bond donors (Lipinski definition) is 3. The highest BCUT2D eigenvalue weighted by Crippen LogP contribution is 2.22. The van der Waals surface area contributed by atoms with Crippen LogP contribution in [0, 0.1) is 5.92 Å². The number of hydrogen-bond acceptors (Lipinski definition) is 5. The van der Waals surface area contributed by atoms with Gasteiger partial charge in [0.15, 0.2) is 0 Å². The second-order valence-corrected chi connectivity index (χ2v) is 6.43. The zero-order valence-corrected chi connectivity index (χ0v) is 13.5. The lowest BCUT2D eigenvalue weighted by Crippen LogP contribution is -2.26. The van der Waals surface area contributed by atoms with Crippen LogP contribution in [0.4, 0.5) is 11.6 Å². The highest BCUT2D eigenvalue weighted by atomic mass is 16.3. The minimum Gasteiger partial charge on any atom is -0.391 e. The molecule has 0 spiro atoms. The molecular weight excluding hydrogens is 252 g/mol. The molecule has 0 saturated heterocycles. The molecule has 0 aliphatic heterocycles. The average Bonchev–Trinajstić information content (AvgIpc) is 2.35. The van der Waals surface area contributed by atoms with E-state index in [4.69, 9.17) is 0 Å². The van der Waals surface area contributed by atoms with Crippen LogP contribution in [-0.2, 0) is 5.41 Å². The molecule has 0 fully saturated rings. The summed E-state index contributed by atoms with van der Waals surface area (Å²) in [6, 6.07) is 1.88. The van der Waals surface area contributed by atoms with Gasteiger partial charge in [-0.25, -0.2) is 9.97 Å². The molecule has 1 aromatic rings. The first-order chi connectivity index (χ1) is 9.24. The van der Waals surface area contributed by atoms with Gasteiger partial charge in [0.25, 0.3) is 0 Å². The number of nitrogens with one attached hydrogen (secondary N) is 2. The van der Waals surface area contributed by atoms with Crippen LogP contribution in [0.25, 0.3) is 0 Å². The fraction of sp³-hybridized carbons (Fsp3) is 0.733. The van der Waals surface area contributed by atoms with Crippen LogP contribution in [0.5, 0.6) is 0 Å². The maximum absolute atomic E-state index is 9.87. The lowest BCUT2D eigenvalue weighted by Gasteiger charge is -2.20. The van der Waals surface area contributed by atoms with E-state index >= 15 is 0 Å². The first-order valence-electron chi connectivity index (χ1n) is 7.29. The van der Waals surface area contributed by atoms with Gasteiger partial charge in [-0.2, -0.15) is 0 Å². The van der Waals surface area contributed by atoms with Crippen LogP contribution in [0.2, 0.25) is 0 Å². The van der Waals surface area contributed by atoms with Gasteiger partial charge >= 0.3 is 0 Å². The molecule has 1 rings (SSSR count). The van der Waals surface area contributed by atoms with Crippen molar-refractivity contribution >= 4 is 11.6 Å². The third-order valence-electron chi connectivity index (χ3n) is 3.02. The number of aliphatic hydroxyl groups excluding tert-OH is 1. The SMILES string of the molecule is CCNc1cc(NCC(O)C(C)C)nc(C(C)(C)C)n1. The Balaban J connectivity index is 2.91. The Morgan fingerprint density at radius 2 is 1.70 bits per heavy atom. The van der Waals surface area contributed by atoms with E-state index in [0.717, 1.165) is 24.0 Å². The maximum Gasteiger partial charge on any atom is 0.138 e. The van der Waals surface area contributed by atoms with Crippen molar-refractivity contribution in [3.05, 3.63) is 11.9 Å². The molecule has 0 radical (unpaired) electrons. The van der Waals surface area contributed by atoms with Crippen LogP contribution in [0.1, 0.15) is 47.4 Å². The van der Waals surface area contributed by atoms with Gasteiger partial charge in [0.2, 0.25) is 0 Å². The molecule has 0 aliphatic carbocycles. The van der Waals surface area contributed by atoms with E-state index in [1.165, 1.54) is 0 Å². The number of anilines is 2. The Kier molecular flexibility index (Phi) is 5.74. The smallest absolute Gasteiger partial charge is 0.138 e. The van der Waals surface area contributed by atoms with E-state index in [9.17, 15) is 5.11 Å². The van der Waals surface area contributed by atoms with Crippen molar-refractivity contribution in [3.63, 3.8) is 0 Å². The molecule has 1 heterocycles. The van der Waals surface area contributed by atoms with E-state index in [-0.39, 0.29) is 17.4 Å². The molecule has 20 heavy (non-hydrogen) atoms. The molecule has 0 aliphatic rings. The summed E-state index contributed by atoms with van der Waals surface area (Å²) in [6.45, 7) is 13.6. The van der Waals surface area contributed by atoms with Crippen molar-refractivity contribution in [3.8, 4) is 0 Å². The normalized spacial score (nSPS) is 13.4. The van der Waals surface area contributed by atoms with Crippen LogP contribution in [0.3, 0.4) is 0 Å². The van der Waals surface area contributed by atoms with E-state index in [0.29, 0.717) is 6.54 Å². The van der Waals surface area contributed by atoms with Crippen molar-refractivity contribution < 1.29 is 5.11 Å². The first kappa shape index (κ1) is 16.7. The molecule has 5 nitrogen and oxygen atoms in total. The van der Waals surface area contributed by atoms with Gasteiger partial charge in [0, 0.05) is 24.6 Å². The summed E-state index contributed by atoms with van der Waals surface area (Å²) in [7, 11) is 0. The van der Waals surface area contributed by atoms with Gasteiger partial charge < -0.3 is 15.7 Å². The van der Waals surface area contributed by atoms with Crippen LogP contribution < -0.4 is 10.6 Å². The van der Waals surface area contributed by atoms with Crippen LogP contribution >= 0.6 is 0 Å². The van der Waals surface area contributed by atoms with Crippen molar-refractivity contribution in [2.45, 2.75) is 53.1 Å². The van der Waals surface area contributed by atoms with Gasteiger partial charge in [-0.05, 0) is 12.8 Å². The third kappa shape index (κ3) is 4.96. The minimum absolute atomic E-state index is 0.113. The molecule has 0 saturated carbocycles. The standard InChI is InChI=1S/C15H28N4O/c1-7-16-12-8-13(17-9-11(20)10(2)3)19-14(18-12)15(4,5)6/h8,10-11,20H,7,9H2,1-6H3,(H2,16,17,18,19). The number of aliphatic hydroxyl groups is 1. The van der Waals surface area contributed by atoms with Crippen LogP contribution in [0.15, 0.2) is 6.07 Å². The molecular formula is C15H28N4O. The van der Waals surface area contributed by atoms with Gasteiger partial charge in [-0.1, -0.05) is 34.6 Å². The number of rotatable bonds is 6. The predicted molar refractivity (Wildman–Crippen MR) is 84.2 cm³/mol. The van der Waals surface area contributed by atoms with Crippen molar-refractivity contribution in [2.24, 2.45) is 5.92 Å². The van der Waals surface area contributed by atoms with Gasteiger partial charge in [0.1, 0.15) is 17.5 Å². The van der Waals surface area contributed by atoms with Crippen molar-refractivity contribution in [2.75, 3.05) is 23.7 Å². The van der Waals surface area contributed by atoms with E-state index in [1.807, 2.05) is 26.8 Å². The molecule has 3 N–H and O–H groups in total. The summed E-state index contributed by atoms with van der Waals surface area (Å²) < 4.78 is 0. The molecule has 1 unspecified atom stereocenters. The summed E-state index contributed by atoms with van der Waals surface area (Å²) in [4.78, 5) is 9.08. The van der Waals surface area contributed by atoms with Gasteiger partial charge in [-0.15, -0.1) is 0 Å². The zero-order chi connectivity index (χ0) is 15.3.